The summed E-state index contributed by atoms with van der Waals surface area (Å²) in [5.74, 6) is 0.309. The van der Waals surface area contributed by atoms with Crippen molar-refractivity contribution >= 4 is 5.82 Å². The first-order valence-corrected chi connectivity index (χ1v) is 4.18. The van der Waals surface area contributed by atoms with Crippen LogP contribution < -0.4 is 11.3 Å². The van der Waals surface area contributed by atoms with Gasteiger partial charge in [0.2, 0.25) is 0 Å². The lowest BCUT2D eigenvalue weighted by Gasteiger charge is -1.99. The Labute approximate surface area is 80.4 Å². The number of anilines is 1. The van der Waals surface area contributed by atoms with Crippen molar-refractivity contribution in [3.63, 3.8) is 0 Å². The van der Waals surface area contributed by atoms with E-state index in [2.05, 4.69) is 9.97 Å². The number of nitrogens with one attached hydrogen (secondary N) is 1. The molecule has 2 aromatic rings. The average Bonchev–Trinajstić information content (AvgIpc) is 2.23. The molecule has 1 aromatic carbocycles. The average molecular weight is 187 g/mol. The van der Waals surface area contributed by atoms with Gasteiger partial charge in [-0.15, -0.1) is 0 Å². The number of nitrogens with two attached hydrogens (primary N) is 1. The summed E-state index contributed by atoms with van der Waals surface area (Å²) in [6.45, 7) is 0. The lowest BCUT2D eigenvalue weighted by atomic mass is 10.2. The third kappa shape index (κ3) is 1.50. The molecular formula is C10H9N3O. The third-order valence-corrected chi connectivity index (χ3v) is 1.85. The van der Waals surface area contributed by atoms with Gasteiger partial charge in [-0.05, 0) is 0 Å². The van der Waals surface area contributed by atoms with Gasteiger partial charge in [-0.1, -0.05) is 30.3 Å². The first-order chi connectivity index (χ1) is 6.77. The van der Waals surface area contributed by atoms with Crippen LogP contribution >= 0.6 is 0 Å². The van der Waals surface area contributed by atoms with Crippen LogP contribution in [0.1, 0.15) is 0 Å². The highest BCUT2D eigenvalue weighted by molar-refractivity contribution is 5.58. The van der Waals surface area contributed by atoms with Gasteiger partial charge in [0.25, 0.3) is 5.56 Å². The summed E-state index contributed by atoms with van der Waals surface area (Å²) in [7, 11) is 0. The second kappa shape index (κ2) is 3.33. The number of aromatic amines is 1. The molecule has 2 rings (SSSR count). The number of benzene rings is 1. The third-order valence-electron chi connectivity index (χ3n) is 1.85. The van der Waals surface area contributed by atoms with E-state index in [1.165, 1.54) is 6.20 Å². The van der Waals surface area contributed by atoms with Crippen LogP contribution in [0.2, 0.25) is 0 Å². The zero-order valence-corrected chi connectivity index (χ0v) is 7.40. The minimum Gasteiger partial charge on any atom is -0.382 e. The summed E-state index contributed by atoms with van der Waals surface area (Å²) >= 11 is 0. The molecule has 0 aliphatic heterocycles. The largest absolute Gasteiger partial charge is 0.382 e. The molecule has 0 amide bonds. The van der Waals surface area contributed by atoms with Gasteiger partial charge in [0.15, 0.2) is 0 Å². The predicted molar refractivity (Wildman–Crippen MR) is 54.7 cm³/mol. The monoisotopic (exact) mass is 187 g/mol. The molecule has 4 nitrogen and oxygen atoms in total. The number of rotatable bonds is 1. The van der Waals surface area contributed by atoms with E-state index in [4.69, 9.17) is 5.73 Å². The van der Waals surface area contributed by atoms with Crippen molar-refractivity contribution in [2.75, 3.05) is 5.73 Å². The van der Waals surface area contributed by atoms with Crippen molar-refractivity contribution in [1.82, 2.24) is 9.97 Å². The van der Waals surface area contributed by atoms with E-state index in [1.54, 1.807) is 0 Å². The molecule has 0 bridgehead atoms. The molecule has 0 saturated carbocycles. The molecule has 0 radical (unpaired) electrons. The Bertz CT molecular complexity index is 490. The van der Waals surface area contributed by atoms with Gasteiger partial charge in [-0.2, -0.15) is 0 Å². The quantitative estimate of drug-likeness (QED) is 0.700. The van der Waals surface area contributed by atoms with Crippen LogP contribution in [-0.2, 0) is 0 Å². The smallest absolute Gasteiger partial charge is 0.274 e. The van der Waals surface area contributed by atoms with Gasteiger partial charge in [-0.3, -0.25) is 4.79 Å². The Morgan fingerprint density at radius 1 is 1.21 bits per heavy atom. The Morgan fingerprint density at radius 2 is 1.93 bits per heavy atom. The maximum Gasteiger partial charge on any atom is 0.274 e. The highest BCUT2D eigenvalue weighted by Gasteiger charge is 2.03. The number of hydrogen-bond acceptors (Lipinski definition) is 3. The van der Waals surface area contributed by atoms with Gasteiger partial charge in [-0.25, -0.2) is 4.98 Å². The van der Waals surface area contributed by atoms with Crippen molar-refractivity contribution in [2.45, 2.75) is 0 Å². The number of aromatic nitrogens is 2. The molecule has 0 aliphatic carbocycles. The minimum atomic E-state index is -0.231. The van der Waals surface area contributed by atoms with E-state index < -0.39 is 0 Å². The topological polar surface area (TPSA) is 71.8 Å². The van der Waals surface area contributed by atoms with Gasteiger partial charge in [0.1, 0.15) is 11.5 Å². The number of nitrogens with zero attached hydrogens (tertiary/aromatic N) is 1. The molecule has 4 heteroatoms. The van der Waals surface area contributed by atoms with Crippen LogP contribution in [0.25, 0.3) is 11.3 Å². The van der Waals surface area contributed by atoms with E-state index in [0.29, 0.717) is 11.5 Å². The first-order valence-electron chi connectivity index (χ1n) is 4.18. The number of hydrogen-bond donors (Lipinski definition) is 2. The predicted octanol–water partition coefficient (Wildman–Crippen LogP) is 1.02. The lowest BCUT2D eigenvalue weighted by Crippen LogP contribution is -2.12. The normalized spacial score (nSPS) is 10.0. The molecule has 0 unspecified atom stereocenters. The van der Waals surface area contributed by atoms with Gasteiger partial charge in [0, 0.05) is 11.8 Å². The second-order valence-electron chi connectivity index (χ2n) is 2.87. The van der Waals surface area contributed by atoms with Crippen molar-refractivity contribution < 1.29 is 0 Å². The summed E-state index contributed by atoms with van der Waals surface area (Å²) in [5, 5.41) is 0. The first kappa shape index (κ1) is 8.50. The van der Waals surface area contributed by atoms with Gasteiger partial charge < -0.3 is 10.7 Å². The zero-order chi connectivity index (χ0) is 9.97. The fourth-order valence-electron chi connectivity index (χ4n) is 1.21. The summed E-state index contributed by atoms with van der Waals surface area (Å²) in [6.07, 6.45) is 1.38. The molecule has 0 atom stereocenters. The molecule has 0 fully saturated rings. The summed E-state index contributed by atoms with van der Waals surface area (Å²) < 4.78 is 0. The summed E-state index contributed by atoms with van der Waals surface area (Å²) in [6, 6.07) is 9.21. The van der Waals surface area contributed by atoms with Crippen molar-refractivity contribution in [2.24, 2.45) is 0 Å². The molecule has 0 spiro atoms. The molecule has 0 aliphatic rings. The van der Waals surface area contributed by atoms with Crippen LogP contribution in [0, 0.1) is 0 Å². The molecule has 70 valence electrons. The minimum absolute atomic E-state index is 0.231. The Hall–Kier alpha value is -2.10. The maximum absolute atomic E-state index is 11.4. The van der Waals surface area contributed by atoms with Crippen molar-refractivity contribution in [1.29, 1.82) is 0 Å². The second-order valence-corrected chi connectivity index (χ2v) is 2.87. The molecule has 3 N–H and O–H groups in total. The Balaban J connectivity index is 2.63. The Morgan fingerprint density at radius 3 is 2.64 bits per heavy atom. The molecule has 1 heterocycles. The van der Waals surface area contributed by atoms with Gasteiger partial charge >= 0.3 is 0 Å². The number of nitrogen functional groups attached to an aromatic ring is 1. The lowest BCUT2D eigenvalue weighted by molar-refractivity contribution is 1.15. The van der Waals surface area contributed by atoms with Crippen LogP contribution in [-0.4, -0.2) is 9.97 Å². The fourth-order valence-corrected chi connectivity index (χ4v) is 1.21. The highest BCUT2D eigenvalue weighted by atomic mass is 16.1. The van der Waals surface area contributed by atoms with Crippen LogP contribution in [0.3, 0.4) is 0 Å². The van der Waals surface area contributed by atoms with E-state index in [1.807, 2.05) is 30.3 Å². The van der Waals surface area contributed by atoms with E-state index in [-0.39, 0.29) is 5.56 Å². The summed E-state index contributed by atoms with van der Waals surface area (Å²) in [4.78, 5) is 17.9. The highest BCUT2D eigenvalue weighted by Crippen LogP contribution is 2.11. The molecule has 0 saturated heterocycles. The Kier molecular flexibility index (Phi) is 2.02. The fraction of sp³-hybridized carbons (Fsp3) is 0. The van der Waals surface area contributed by atoms with E-state index >= 15 is 0 Å². The van der Waals surface area contributed by atoms with Crippen molar-refractivity contribution in [3.05, 3.63) is 46.9 Å². The summed E-state index contributed by atoms with van der Waals surface area (Å²) in [5.41, 5.74) is 6.37. The van der Waals surface area contributed by atoms with Crippen LogP contribution in [0.15, 0.2) is 41.3 Å². The van der Waals surface area contributed by atoms with Crippen LogP contribution in [0.4, 0.5) is 5.82 Å². The van der Waals surface area contributed by atoms with Crippen LogP contribution in [0.5, 0.6) is 0 Å². The molecular weight excluding hydrogens is 178 g/mol. The van der Waals surface area contributed by atoms with Crippen molar-refractivity contribution in [3.8, 4) is 11.3 Å². The number of H-pyrrole nitrogens is 1. The maximum atomic E-state index is 11.4. The molecule has 14 heavy (non-hydrogen) atoms. The zero-order valence-electron chi connectivity index (χ0n) is 7.40. The van der Waals surface area contributed by atoms with E-state index in [9.17, 15) is 4.79 Å². The van der Waals surface area contributed by atoms with E-state index in [0.717, 1.165) is 5.56 Å². The van der Waals surface area contributed by atoms with Gasteiger partial charge in [0.05, 0.1) is 0 Å². The molecule has 1 aromatic heterocycles. The standard InChI is InChI=1S/C10H9N3O/c11-8-6-12-10(14)9(13-8)7-4-2-1-3-5-7/h1-6H,(H2,11,13)(H,12,14). The SMILES string of the molecule is Nc1c[nH]c(=O)c(-c2ccccc2)n1.